The molecule has 0 N–H and O–H groups in total. The van der Waals surface area contributed by atoms with Gasteiger partial charge in [-0.3, -0.25) is 4.98 Å². The minimum atomic E-state index is -3.23. The number of para-hydroxylation sites is 1. The van der Waals surface area contributed by atoms with E-state index < -0.39 is 9.84 Å². The van der Waals surface area contributed by atoms with Crippen molar-refractivity contribution < 1.29 is 13.2 Å². The van der Waals surface area contributed by atoms with Gasteiger partial charge in [-0.1, -0.05) is 12.1 Å². The Morgan fingerprint density at radius 2 is 1.96 bits per heavy atom. The van der Waals surface area contributed by atoms with Crippen LogP contribution in [0.2, 0.25) is 0 Å². The first kappa shape index (κ1) is 16.0. The van der Waals surface area contributed by atoms with Crippen LogP contribution in [-0.2, 0) is 21.2 Å². The summed E-state index contributed by atoms with van der Waals surface area (Å²) in [5.41, 5.74) is 1.86. The van der Waals surface area contributed by atoms with Crippen molar-refractivity contribution >= 4 is 15.5 Å². The van der Waals surface area contributed by atoms with Crippen LogP contribution >= 0.6 is 0 Å². The fraction of sp³-hybridized carbons (Fsp3) is 0.353. The van der Waals surface area contributed by atoms with Gasteiger partial charge in [-0.2, -0.15) is 0 Å². The van der Waals surface area contributed by atoms with Crippen molar-refractivity contribution in [1.29, 1.82) is 0 Å². The Hall–Kier alpha value is -1.92. The van der Waals surface area contributed by atoms with E-state index in [1.165, 1.54) is 6.26 Å². The monoisotopic (exact) mass is 332 g/mol. The third-order valence-electron chi connectivity index (χ3n) is 3.99. The van der Waals surface area contributed by atoms with E-state index in [-0.39, 0.29) is 6.10 Å². The van der Waals surface area contributed by atoms with Gasteiger partial charge in [0.15, 0.2) is 9.84 Å². The van der Waals surface area contributed by atoms with E-state index in [0.29, 0.717) is 18.0 Å². The number of ether oxygens (including phenoxy) is 1. The second-order valence-corrected chi connectivity index (χ2v) is 7.75. The Balaban J connectivity index is 1.66. The predicted octanol–water partition coefficient (Wildman–Crippen LogP) is 2.28. The summed E-state index contributed by atoms with van der Waals surface area (Å²) in [4.78, 5) is 6.46. The van der Waals surface area contributed by atoms with Crippen molar-refractivity contribution in [1.82, 2.24) is 4.98 Å². The molecule has 3 rings (SSSR count). The molecular formula is C17H20N2O3S. The molecule has 0 radical (unpaired) electrons. The fourth-order valence-electron chi connectivity index (χ4n) is 2.81. The van der Waals surface area contributed by atoms with Gasteiger partial charge in [0.2, 0.25) is 0 Å². The van der Waals surface area contributed by atoms with Gasteiger partial charge in [0, 0.05) is 31.7 Å². The second kappa shape index (κ2) is 6.68. The van der Waals surface area contributed by atoms with Gasteiger partial charge in [-0.15, -0.1) is 0 Å². The number of hydrogen-bond donors (Lipinski definition) is 0. The third kappa shape index (κ3) is 3.89. The lowest BCUT2D eigenvalue weighted by atomic mass is 10.3. The second-order valence-electron chi connectivity index (χ2n) is 5.76. The van der Waals surface area contributed by atoms with Crippen molar-refractivity contribution in [2.24, 2.45) is 0 Å². The lowest BCUT2D eigenvalue weighted by Crippen LogP contribution is -2.24. The van der Waals surface area contributed by atoms with Gasteiger partial charge in [-0.05, 0) is 36.2 Å². The molecule has 122 valence electrons. The van der Waals surface area contributed by atoms with Gasteiger partial charge in [-0.25, -0.2) is 8.42 Å². The van der Waals surface area contributed by atoms with Crippen molar-refractivity contribution in [2.75, 3.05) is 24.2 Å². The molecule has 1 aromatic carbocycles. The zero-order chi connectivity index (χ0) is 16.3. The molecule has 0 amide bonds. The van der Waals surface area contributed by atoms with Crippen molar-refractivity contribution in [3.05, 3.63) is 54.4 Å². The first-order valence-electron chi connectivity index (χ1n) is 7.58. The Bertz CT molecular complexity index is 762. The maximum Gasteiger partial charge on any atom is 0.177 e. The molecule has 6 heteroatoms. The molecular weight excluding hydrogens is 312 g/mol. The summed E-state index contributed by atoms with van der Waals surface area (Å²) < 4.78 is 29.8. The topological polar surface area (TPSA) is 59.5 Å². The van der Waals surface area contributed by atoms with E-state index in [2.05, 4.69) is 9.88 Å². The number of anilines is 1. The maximum atomic E-state index is 11.9. The summed E-state index contributed by atoms with van der Waals surface area (Å²) in [6, 6.07) is 11.0. The average Bonchev–Trinajstić information content (AvgIpc) is 3.02. The SMILES string of the molecule is CS(=O)(=O)c1ccccc1N1CC[C@H](OCc2ccncc2)C1. The molecule has 2 heterocycles. The normalized spacial score (nSPS) is 18.3. The molecule has 23 heavy (non-hydrogen) atoms. The molecule has 1 aliphatic heterocycles. The number of hydrogen-bond acceptors (Lipinski definition) is 5. The number of rotatable bonds is 5. The molecule has 5 nitrogen and oxygen atoms in total. The minimum Gasteiger partial charge on any atom is -0.372 e. The molecule has 1 aromatic heterocycles. The van der Waals surface area contributed by atoms with Gasteiger partial charge < -0.3 is 9.64 Å². The minimum absolute atomic E-state index is 0.107. The van der Waals surface area contributed by atoms with Crippen LogP contribution in [0.15, 0.2) is 53.7 Å². The van der Waals surface area contributed by atoms with E-state index in [9.17, 15) is 8.42 Å². The van der Waals surface area contributed by atoms with Gasteiger partial charge in [0.25, 0.3) is 0 Å². The zero-order valence-corrected chi connectivity index (χ0v) is 13.9. The lowest BCUT2D eigenvalue weighted by molar-refractivity contribution is 0.0553. The van der Waals surface area contributed by atoms with Gasteiger partial charge in [0.05, 0.1) is 23.3 Å². The Morgan fingerprint density at radius 3 is 2.70 bits per heavy atom. The predicted molar refractivity (Wildman–Crippen MR) is 89.2 cm³/mol. The quantitative estimate of drug-likeness (QED) is 0.841. The molecule has 0 saturated carbocycles. The smallest absolute Gasteiger partial charge is 0.177 e. The highest BCUT2D eigenvalue weighted by Gasteiger charge is 2.26. The van der Waals surface area contributed by atoms with Crippen LogP contribution < -0.4 is 4.90 Å². The number of nitrogens with zero attached hydrogens (tertiary/aromatic N) is 2. The summed E-state index contributed by atoms with van der Waals surface area (Å²) in [5.74, 6) is 0. The molecule has 0 spiro atoms. The highest BCUT2D eigenvalue weighted by Crippen LogP contribution is 2.29. The van der Waals surface area contributed by atoms with Crippen LogP contribution in [0.4, 0.5) is 5.69 Å². The first-order chi connectivity index (χ1) is 11.0. The summed E-state index contributed by atoms with van der Waals surface area (Å²) in [7, 11) is -3.23. The summed E-state index contributed by atoms with van der Waals surface area (Å²) in [6.07, 6.45) is 5.75. The summed E-state index contributed by atoms with van der Waals surface area (Å²) in [5, 5.41) is 0. The van der Waals surface area contributed by atoms with Crippen LogP contribution in [0, 0.1) is 0 Å². The van der Waals surface area contributed by atoms with Crippen molar-refractivity contribution in [3.8, 4) is 0 Å². The molecule has 0 aliphatic carbocycles. The lowest BCUT2D eigenvalue weighted by Gasteiger charge is -2.21. The van der Waals surface area contributed by atoms with E-state index in [1.807, 2.05) is 24.3 Å². The molecule has 1 atom stereocenters. The van der Waals surface area contributed by atoms with Crippen LogP contribution in [0.25, 0.3) is 0 Å². The Morgan fingerprint density at radius 1 is 1.22 bits per heavy atom. The van der Waals surface area contributed by atoms with Crippen molar-refractivity contribution in [2.45, 2.75) is 24.0 Å². The van der Waals surface area contributed by atoms with Crippen LogP contribution in [-0.4, -0.2) is 38.9 Å². The largest absolute Gasteiger partial charge is 0.372 e. The third-order valence-corrected chi connectivity index (χ3v) is 5.13. The number of sulfone groups is 1. The first-order valence-corrected chi connectivity index (χ1v) is 9.48. The van der Waals surface area contributed by atoms with E-state index in [1.54, 1.807) is 24.5 Å². The Labute approximate surface area is 136 Å². The van der Waals surface area contributed by atoms with Gasteiger partial charge >= 0.3 is 0 Å². The van der Waals surface area contributed by atoms with E-state index in [4.69, 9.17) is 4.74 Å². The van der Waals surface area contributed by atoms with E-state index in [0.717, 1.165) is 24.2 Å². The molecule has 1 fully saturated rings. The van der Waals surface area contributed by atoms with Crippen LogP contribution in [0.5, 0.6) is 0 Å². The Kier molecular flexibility index (Phi) is 4.63. The molecule has 2 aromatic rings. The van der Waals surface area contributed by atoms with Crippen molar-refractivity contribution in [3.63, 3.8) is 0 Å². The molecule has 1 saturated heterocycles. The summed E-state index contributed by atoms with van der Waals surface area (Å²) in [6.45, 7) is 2.06. The molecule has 1 aliphatic rings. The number of benzene rings is 1. The van der Waals surface area contributed by atoms with E-state index >= 15 is 0 Å². The summed E-state index contributed by atoms with van der Waals surface area (Å²) >= 11 is 0. The molecule has 0 bridgehead atoms. The number of aromatic nitrogens is 1. The van der Waals surface area contributed by atoms with Crippen LogP contribution in [0.3, 0.4) is 0 Å². The zero-order valence-electron chi connectivity index (χ0n) is 13.1. The number of pyridine rings is 1. The fourth-order valence-corrected chi connectivity index (χ4v) is 3.71. The highest BCUT2D eigenvalue weighted by atomic mass is 32.2. The van der Waals surface area contributed by atoms with Crippen LogP contribution in [0.1, 0.15) is 12.0 Å². The van der Waals surface area contributed by atoms with Gasteiger partial charge in [0.1, 0.15) is 0 Å². The standard InChI is InChI=1S/C17H20N2O3S/c1-23(20,21)17-5-3-2-4-16(17)19-11-8-15(12-19)22-13-14-6-9-18-10-7-14/h2-7,9-10,15H,8,11-13H2,1H3/t15-/m0/s1. The molecule has 0 unspecified atom stereocenters. The average molecular weight is 332 g/mol. The maximum absolute atomic E-state index is 11.9. The highest BCUT2D eigenvalue weighted by molar-refractivity contribution is 7.90.